The number of hydrogen-bond acceptors (Lipinski definition) is 4. The number of para-hydroxylation sites is 1. The van der Waals surface area contributed by atoms with E-state index in [1.54, 1.807) is 6.07 Å². The van der Waals surface area contributed by atoms with Crippen LogP contribution in [0.5, 0.6) is 5.75 Å². The van der Waals surface area contributed by atoms with Crippen molar-refractivity contribution in [2.45, 2.75) is 37.8 Å². The van der Waals surface area contributed by atoms with Crippen LogP contribution >= 0.6 is 0 Å². The number of nitrogens with one attached hydrogen (secondary N) is 2. The zero-order chi connectivity index (χ0) is 15.6. The molecule has 4 rings (SSSR count). The Bertz CT molecular complexity index is 721. The van der Waals surface area contributed by atoms with Crippen molar-refractivity contribution in [1.82, 2.24) is 15.6 Å². The molecule has 2 fully saturated rings. The number of carbonyl (C=O) groups excluding carboxylic acids is 1. The number of aromatic nitrogens is 1. The summed E-state index contributed by atoms with van der Waals surface area (Å²) in [6.07, 6.45) is 4.46. The Morgan fingerprint density at radius 2 is 2.17 bits per heavy atom. The molecular formula is C18H21N3O2. The molecule has 5 heteroatoms. The predicted molar refractivity (Wildman–Crippen MR) is 88.8 cm³/mol. The summed E-state index contributed by atoms with van der Waals surface area (Å²) in [5.41, 5.74) is 1.23. The minimum atomic E-state index is -0.109. The lowest BCUT2D eigenvalue weighted by Crippen LogP contribution is -2.28. The van der Waals surface area contributed by atoms with Gasteiger partial charge in [0.15, 0.2) is 0 Å². The molecule has 1 aliphatic carbocycles. The van der Waals surface area contributed by atoms with Crippen molar-refractivity contribution >= 4 is 16.8 Å². The molecule has 1 atom stereocenters. The first kappa shape index (κ1) is 14.5. The van der Waals surface area contributed by atoms with Crippen LogP contribution in [-0.2, 0) is 0 Å². The third kappa shape index (κ3) is 3.29. The molecule has 2 aliphatic rings. The molecule has 2 aromatic rings. The fourth-order valence-electron chi connectivity index (χ4n) is 2.96. The minimum absolute atomic E-state index is 0.109. The summed E-state index contributed by atoms with van der Waals surface area (Å²) in [4.78, 5) is 16.8. The standard InChI is InChI=1S/C18H21N3O2/c22-18(20-12-7-8-12)16-10-17(23-11-13-4-3-9-19-13)14-5-1-2-6-15(14)21-16/h1-2,5-6,10,12-13,19H,3-4,7-9,11H2,(H,20,22)/t13-/m1/s1. The maximum atomic E-state index is 12.3. The Morgan fingerprint density at radius 1 is 1.30 bits per heavy atom. The number of amides is 1. The second-order valence-corrected chi connectivity index (χ2v) is 6.37. The third-order valence-corrected chi connectivity index (χ3v) is 4.43. The molecular weight excluding hydrogens is 290 g/mol. The van der Waals surface area contributed by atoms with E-state index in [1.165, 1.54) is 6.42 Å². The Kier molecular flexibility index (Phi) is 3.87. The third-order valence-electron chi connectivity index (χ3n) is 4.43. The van der Waals surface area contributed by atoms with Crippen molar-refractivity contribution < 1.29 is 9.53 Å². The van der Waals surface area contributed by atoms with Gasteiger partial charge in [-0.25, -0.2) is 4.98 Å². The summed E-state index contributed by atoms with van der Waals surface area (Å²) < 4.78 is 6.03. The van der Waals surface area contributed by atoms with Gasteiger partial charge in [0.05, 0.1) is 5.52 Å². The number of ether oxygens (including phenoxy) is 1. The number of fused-ring (bicyclic) bond motifs is 1. The van der Waals surface area contributed by atoms with Gasteiger partial charge in [-0.15, -0.1) is 0 Å². The molecule has 23 heavy (non-hydrogen) atoms. The second kappa shape index (κ2) is 6.16. The van der Waals surface area contributed by atoms with Gasteiger partial charge in [-0.2, -0.15) is 0 Å². The fraction of sp³-hybridized carbons (Fsp3) is 0.444. The van der Waals surface area contributed by atoms with Crippen molar-refractivity contribution in [3.8, 4) is 5.75 Å². The zero-order valence-electron chi connectivity index (χ0n) is 13.0. The average molecular weight is 311 g/mol. The smallest absolute Gasteiger partial charge is 0.270 e. The number of pyridine rings is 1. The molecule has 0 unspecified atom stereocenters. The summed E-state index contributed by atoms with van der Waals surface area (Å²) in [6, 6.07) is 10.3. The molecule has 1 amide bonds. The summed E-state index contributed by atoms with van der Waals surface area (Å²) in [6.45, 7) is 1.68. The number of hydrogen-bond donors (Lipinski definition) is 2. The highest BCUT2D eigenvalue weighted by Crippen LogP contribution is 2.27. The number of carbonyl (C=O) groups is 1. The number of benzene rings is 1. The summed E-state index contributed by atoms with van der Waals surface area (Å²) in [7, 11) is 0. The van der Waals surface area contributed by atoms with Crippen LogP contribution in [0.1, 0.15) is 36.2 Å². The average Bonchev–Trinajstić information content (AvgIpc) is 3.23. The van der Waals surface area contributed by atoms with Gasteiger partial charge in [0.25, 0.3) is 5.91 Å². The molecule has 0 spiro atoms. The van der Waals surface area contributed by atoms with E-state index in [0.717, 1.165) is 42.5 Å². The molecule has 2 N–H and O–H groups in total. The van der Waals surface area contributed by atoms with E-state index in [1.807, 2.05) is 24.3 Å². The van der Waals surface area contributed by atoms with Gasteiger partial charge in [0, 0.05) is 23.5 Å². The van der Waals surface area contributed by atoms with Crippen LogP contribution in [0.15, 0.2) is 30.3 Å². The van der Waals surface area contributed by atoms with Gasteiger partial charge < -0.3 is 15.4 Å². The van der Waals surface area contributed by atoms with Crippen molar-refractivity contribution in [3.05, 3.63) is 36.0 Å². The van der Waals surface area contributed by atoms with E-state index in [-0.39, 0.29) is 5.91 Å². The molecule has 2 heterocycles. The van der Waals surface area contributed by atoms with Crippen LogP contribution in [0.4, 0.5) is 0 Å². The van der Waals surface area contributed by atoms with Crippen LogP contribution in [0, 0.1) is 0 Å². The Labute approximate surface area is 135 Å². The van der Waals surface area contributed by atoms with Crippen LogP contribution < -0.4 is 15.4 Å². The zero-order valence-corrected chi connectivity index (χ0v) is 13.0. The summed E-state index contributed by atoms with van der Waals surface area (Å²) in [5, 5.41) is 7.37. The number of rotatable bonds is 5. The lowest BCUT2D eigenvalue weighted by molar-refractivity contribution is 0.0946. The lowest BCUT2D eigenvalue weighted by atomic mass is 10.1. The Morgan fingerprint density at radius 3 is 2.96 bits per heavy atom. The van der Waals surface area contributed by atoms with E-state index in [4.69, 9.17) is 4.74 Å². The van der Waals surface area contributed by atoms with Gasteiger partial charge in [-0.3, -0.25) is 4.79 Å². The highest BCUT2D eigenvalue weighted by atomic mass is 16.5. The van der Waals surface area contributed by atoms with Gasteiger partial charge in [-0.1, -0.05) is 12.1 Å². The van der Waals surface area contributed by atoms with E-state index in [9.17, 15) is 4.79 Å². The first-order valence-corrected chi connectivity index (χ1v) is 8.36. The van der Waals surface area contributed by atoms with Gasteiger partial charge >= 0.3 is 0 Å². The van der Waals surface area contributed by atoms with Crippen molar-refractivity contribution in [2.75, 3.05) is 13.2 Å². The van der Waals surface area contributed by atoms with E-state index in [0.29, 0.717) is 24.4 Å². The van der Waals surface area contributed by atoms with Crippen LogP contribution in [0.25, 0.3) is 10.9 Å². The normalized spacial score (nSPS) is 20.6. The summed E-state index contributed by atoms with van der Waals surface area (Å²) in [5.74, 6) is 0.632. The van der Waals surface area contributed by atoms with Crippen molar-refractivity contribution in [2.24, 2.45) is 0 Å². The molecule has 0 bridgehead atoms. The molecule has 0 radical (unpaired) electrons. The molecule has 1 saturated heterocycles. The molecule has 1 aromatic heterocycles. The van der Waals surface area contributed by atoms with E-state index in [2.05, 4.69) is 15.6 Å². The van der Waals surface area contributed by atoms with Crippen LogP contribution in [0.2, 0.25) is 0 Å². The molecule has 1 aliphatic heterocycles. The first-order valence-electron chi connectivity index (χ1n) is 8.36. The molecule has 5 nitrogen and oxygen atoms in total. The quantitative estimate of drug-likeness (QED) is 0.889. The fourth-order valence-corrected chi connectivity index (χ4v) is 2.96. The maximum absolute atomic E-state index is 12.3. The van der Waals surface area contributed by atoms with E-state index >= 15 is 0 Å². The van der Waals surface area contributed by atoms with Crippen molar-refractivity contribution in [1.29, 1.82) is 0 Å². The van der Waals surface area contributed by atoms with E-state index < -0.39 is 0 Å². The van der Waals surface area contributed by atoms with Gasteiger partial charge in [0.2, 0.25) is 0 Å². The molecule has 1 aromatic carbocycles. The molecule has 120 valence electrons. The van der Waals surface area contributed by atoms with Crippen LogP contribution in [-0.4, -0.2) is 36.1 Å². The second-order valence-electron chi connectivity index (χ2n) is 6.37. The Balaban J connectivity index is 1.61. The van der Waals surface area contributed by atoms with Crippen molar-refractivity contribution in [3.63, 3.8) is 0 Å². The van der Waals surface area contributed by atoms with Crippen LogP contribution in [0.3, 0.4) is 0 Å². The SMILES string of the molecule is O=C(NC1CC1)c1cc(OC[C@H]2CCCN2)c2ccccc2n1. The highest BCUT2D eigenvalue weighted by molar-refractivity contribution is 5.97. The van der Waals surface area contributed by atoms with Gasteiger partial charge in [-0.05, 0) is 44.4 Å². The largest absolute Gasteiger partial charge is 0.491 e. The summed E-state index contributed by atoms with van der Waals surface area (Å²) >= 11 is 0. The predicted octanol–water partition coefficient (Wildman–Crippen LogP) is 2.26. The Hall–Kier alpha value is -2.14. The van der Waals surface area contributed by atoms with Gasteiger partial charge in [0.1, 0.15) is 18.1 Å². The number of nitrogens with zero attached hydrogens (tertiary/aromatic N) is 1. The molecule has 1 saturated carbocycles. The highest BCUT2D eigenvalue weighted by Gasteiger charge is 2.25. The first-order chi connectivity index (χ1) is 11.3. The monoisotopic (exact) mass is 311 g/mol. The minimum Gasteiger partial charge on any atom is -0.491 e. The topological polar surface area (TPSA) is 63.2 Å². The maximum Gasteiger partial charge on any atom is 0.270 e. The lowest BCUT2D eigenvalue weighted by Gasteiger charge is -2.15.